The number of halogens is 1. The molecule has 1 aliphatic rings. The predicted octanol–water partition coefficient (Wildman–Crippen LogP) is 3.65. The Kier molecular flexibility index (Phi) is 6.18. The third-order valence-electron chi connectivity index (χ3n) is 4.81. The van der Waals surface area contributed by atoms with Crippen molar-refractivity contribution in [2.45, 2.75) is 39.7 Å². The second-order valence-electron chi connectivity index (χ2n) is 7.01. The van der Waals surface area contributed by atoms with Crippen LogP contribution in [0.1, 0.15) is 35.2 Å². The smallest absolute Gasteiger partial charge is 0.262 e. The maximum atomic E-state index is 12.4. The Bertz CT molecular complexity index is 966. The largest absolute Gasteiger partial charge is 0.376 e. The van der Waals surface area contributed by atoms with Crippen LogP contribution in [-0.4, -0.2) is 34.9 Å². The third kappa shape index (κ3) is 4.27. The first-order valence-corrected chi connectivity index (χ1v) is 9.63. The molecule has 1 atom stereocenters. The zero-order valence-corrected chi connectivity index (χ0v) is 17.0. The summed E-state index contributed by atoms with van der Waals surface area (Å²) in [6.07, 6.45) is 3.42. The number of aromatic nitrogens is 2. The number of benzene rings is 1. The Balaban J connectivity index is 1.87. The number of nitrogens with zero attached hydrogens (tertiary/aromatic N) is 3. The van der Waals surface area contributed by atoms with Crippen LogP contribution in [-0.2, 0) is 9.53 Å². The minimum absolute atomic E-state index is 0.0106. The molecule has 1 N–H and O–H groups in total. The van der Waals surface area contributed by atoms with Crippen LogP contribution in [0.4, 0.5) is 0 Å². The first-order chi connectivity index (χ1) is 13.4. The van der Waals surface area contributed by atoms with Gasteiger partial charge in [-0.05, 0) is 56.9 Å². The van der Waals surface area contributed by atoms with Crippen molar-refractivity contribution in [2.75, 3.05) is 13.2 Å². The van der Waals surface area contributed by atoms with Crippen LogP contribution in [0.2, 0.25) is 5.15 Å². The van der Waals surface area contributed by atoms with Gasteiger partial charge >= 0.3 is 0 Å². The fourth-order valence-electron chi connectivity index (χ4n) is 3.18. The lowest BCUT2D eigenvalue weighted by atomic mass is 10.1. The molecule has 0 saturated carbocycles. The second kappa shape index (κ2) is 8.59. The van der Waals surface area contributed by atoms with Crippen LogP contribution in [0.15, 0.2) is 23.8 Å². The molecule has 1 aromatic carbocycles. The summed E-state index contributed by atoms with van der Waals surface area (Å²) in [6, 6.07) is 7.99. The van der Waals surface area contributed by atoms with Crippen molar-refractivity contribution in [3.8, 4) is 11.8 Å². The summed E-state index contributed by atoms with van der Waals surface area (Å²) in [6.45, 7) is 6.90. The van der Waals surface area contributed by atoms with Gasteiger partial charge in [0, 0.05) is 18.7 Å². The quantitative estimate of drug-likeness (QED) is 0.615. The lowest BCUT2D eigenvalue weighted by Gasteiger charge is -2.10. The first kappa shape index (κ1) is 20.1. The van der Waals surface area contributed by atoms with Crippen molar-refractivity contribution in [3.05, 3.63) is 51.3 Å². The van der Waals surface area contributed by atoms with Gasteiger partial charge in [0.15, 0.2) is 0 Å². The van der Waals surface area contributed by atoms with Crippen molar-refractivity contribution >= 4 is 23.6 Å². The van der Waals surface area contributed by atoms with E-state index in [1.54, 1.807) is 11.6 Å². The van der Waals surface area contributed by atoms with E-state index in [4.69, 9.17) is 16.3 Å². The number of nitriles is 1. The van der Waals surface area contributed by atoms with E-state index in [-0.39, 0.29) is 11.7 Å². The molecule has 1 saturated heterocycles. The van der Waals surface area contributed by atoms with Gasteiger partial charge in [-0.1, -0.05) is 23.7 Å². The van der Waals surface area contributed by atoms with E-state index in [1.807, 2.05) is 38.1 Å². The topological polar surface area (TPSA) is 79.9 Å². The molecule has 2 aromatic rings. The highest BCUT2D eigenvalue weighted by molar-refractivity contribution is 6.31. The highest BCUT2D eigenvalue weighted by Gasteiger charge is 2.20. The van der Waals surface area contributed by atoms with Crippen molar-refractivity contribution < 1.29 is 9.53 Å². The van der Waals surface area contributed by atoms with E-state index < -0.39 is 5.91 Å². The number of aryl methyl sites for hydroxylation is 3. The van der Waals surface area contributed by atoms with E-state index in [0.29, 0.717) is 29.6 Å². The number of carbonyl (C=O) groups is 1. The fraction of sp³-hybridized carbons (Fsp3) is 0.381. The normalized spacial score (nSPS) is 16.8. The van der Waals surface area contributed by atoms with Crippen molar-refractivity contribution in [2.24, 2.45) is 0 Å². The van der Waals surface area contributed by atoms with E-state index >= 15 is 0 Å². The molecule has 0 bridgehead atoms. The fourth-order valence-corrected chi connectivity index (χ4v) is 3.50. The van der Waals surface area contributed by atoms with Crippen LogP contribution in [0, 0.1) is 32.1 Å². The molecule has 3 rings (SSSR count). The number of hydrogen-bond donors (Lipinski definition) is 1. The maximum Gasteiger partial charge on any atom is 0.262 e. The molecule has 28 heavy (non-hydrogen) atoms. The summed E-state index contributed by atoms with van der Waals surface area (Å²) in [5.41, 5.74) is 4.18. The van der Waals surface area contributed by atoms with Crippen LogP contribution in [0.25, 0.3) is 11.8 Å². The van der Waals surface area contributed by atoms with Gasteiger partial charge in [-0.25, -0.2) is 4.68 Å². The molecule has 7 heteroatoms. The molecule has 6 nitrogen and oxygen atoms in total. The SMILES string of the molecule is Cc1ccc(C)c(-n2nc(C)c(/C=C(\C#N)C(=O)NC[C@H]3CCCO3)c2Cl)c1. The van der Waals surface area contributed by atoms with E-state index in [2.05, 4.69) is 10.4 Å². The van der Waals surface area contributed by atoms with Crippen LogP contribution in [0.5, 0.6) is 0 Å². The minimum Gasteiger partial charge on any atom is -0.376 e. The molecule has 1 amide bonds. The molecule has 146 valence electrons. The van der Waals surface area contributed by atoms with Gasteiger partial charge in [-0.15, -0.1) is 0 Å². The van der Waals surface area contributed by atoms with Gasteiger partial charge in [0.05, 0.1) is 17.5 Å². The van der Waals surface area contributed by atoms with Gasteiger partial charge in [0.1, 0.15) is 16.8 Å². The highest BCUT2D eigenvalue weighted by atomic mass is 35.5. The number of rotatable bonds is 5. The van der Waals surface area contributed by atoms with Crippen LogP contribution >= 0.6 is 11.6 Å². The number of amides is 1. The van der Waals surface area contributed by atoms with Crippen molar-refractivity contribution in [3.63, 3.8) is 0 Å². The summed E-state index contributed by atoms with van der Waals surface area (Å²) in [5, 5.41) is 17.1. The van der Waals surface area contributed by atoms with E-state index in [9.17, 15) is 10.1 Å². The van der Waals surface area contributed by atoms with Gasteiger partial charge in [-0.2, -0.15) is 10.4 Å². The Hall–Kier alpha value is -2.62. The Morgan fingerprint density at radius 3 is 2.93 bits per heavy atom. The molecule has 2 heterocycles. The molecule has 0 radical (unpaired) electrons. The summed E-state index contributed by atoms with van der Waals surface area (Å²) in [4.78, 5) is 12.4. The third-order valence-corrected chi connectivity index (χ3v) is 5.17. The summed E-state index contributed by atoms with van der Waals surface area (Å²) in [5.74, 6) is -0.437. The zero-order valence-electron chi connectivity index (χ0n) is 16.3. The number of carbonyl (C=O) groups excluding carboxylic acids is 1. The average molecular weight is 399 g/mol. The van der Waals surface area contributed by atoms with E-state index in [1.165, 1.54) is 6.08 Å². The number of nitrogens with one attached hydrogen (secondary N) is 1. The van der Waals surface area contributed by atoms with Crippen molar-refractivity contribution in [1.29, 1.82) is 5.26 Å². The number of ether oxygens (including phenoxy) is 1. The van der Waals surface area contributed by atoms with Gasteiger partial charge in [-0.3, -0.25) is 4.79 Å². The lowest BCUT2D eigenvalue weighted by Crippen LogP contribution is -2.32. The maximum absolute atomic E-state index is 12.4. The second-order valence-corrected chi connectivity index (χ2v) is 7.36. The average Bonchev–Trinajstić information content (AvgIpc) is 3.29. The van der Waals surface area contributed by atoms with Crippen LogP contribution < -0.4 is 5.32 Å². The summed E-state index contributed by atoms with van der Waals surface area (Å²) >= 11 is 6.57. The Morgan fingerprint density at radius 2 is 2.25 bits per heavy atom. The monoisotopic (exact) mass is 398 g/mol. The Labute approximate surface area is 169 Å². The Morgan fingerprint density at radius 1 is 1.46 bits per heavy atom. The molecule has 1 fully saturated rings. The first-order valence-electron chi connectivity index (χ1n) is 9.25. The molecular formula is C21H23ClN4O2. The van der Waals surface area contributed by atoms with Gasteiger partial charge in [0.25, 0.3) is 5.91 Å². The highest BCUT2D eigenvalue weighted by Crippen LogP contribution is 2.27. The number of hydrogen-bond acceptors (Lipinski definition) is 4. The summed E-state index contributed by atoms with van der Waals surface area (Å²) < 4.78 is 7.14. The predicted molar refractivity (Wildman–Crippen MR) is 108 cm³/mol. The molecule has 0 spiro atoms. The van der Waals surface area contributed by atoms with Crippen LogP contribution in [0.3, 0.4) is 0 Å². The van der Waals surface area contributed by atoms with Gasteiger partial charge in [0.2, 0.25) is 0 Å². The molecule has 0 unspecified atom stereocenters. The van der Waals surface area contributed by atoms with Gasteiger partial charge < -0.3 is 10.1 Å². The summed E-state index contributed by atoms with van der Waals surface area (Å²) in [7, 11) is 0. The van der Waals surface area contributed by atoms with E-state index in [0.717, 1.165) is 29.7 Å². The molecule has 0 aliphatic carbocycles. The molecular weight excluding hydrogens is 376 g/mol. The minimum atomic E-state index is -0.437. The molecule has 1 aromatic heterocycles. The van der Waals surface area contributed by atoms with Crippen molar-refractivity contribution in [1.82, 2.24) is 15.1 Å². The standard InChI is InChI=1S/C21H23ClN4O2/c1-13-6-7-14(2)19(9-13)26-20(22)18(15(3)25-26)10-16(11-23)21(27)24-12-17-5-4-8-28-17/h6-7,9-10,17H,4-5,8,12H2,1-3H3,(H,24,27)/b16-10+/t17-/m1/s1. The lowest BCUT2D eigenvalue weighted by molar-refractivity contribution is -0.117. The molecule has 1 aliphatic heterocycles. The zero-order chi connectivity index (χ0) is 20.3.